The number of aliphatic hydroxyl groups is 2. The summed E-state index contributed by atoms with van der Waals surface area (Å²) >= 11 is 0. The molecule has 35 heteroatoms. The molecular formula is C92H139N11O24. The van der Waals surface area contributed by atoms with Gasteiger partial charge >= 0.3 is 5.97 Å². The molecule has 0 radical (unpaired) electrons. The summed E-state index contributed by atoms with van der Waals surface area (Å²) in [5.74, 6) is -7.90. The number of hydrogen-bond donors (Lipinski definition) is 6. The molecule has 1 aliphatic carbocycles. The molecule has 4 aromatic heterocycles. The number of allylic oxidation sites excluding steroid dienone is 6. The number of esters is 1. The molecule has 2 bridgehead atoms. The maximum Gasteiger partial charge on any atom is 0.329 e. The number of ether oxygens (including phenoxy) is 15. The molecule has 15 atom stereocenters. The van der Waals surface area contributed by atoms with Crippen LogP contribution >= 0.6 is 0 Å². The number of phenols is 1. The highest BCUT2D eigenvalue weighted by atomic mass is 16.6. The number of nitrogens with one attached hydrogen (secondary N) is 2. The third-order valence-corrected chi connectivity index (χ3v) is 23.9. The molecule has 7 N–H and O–H groups in total. The number of nitrogen functional groups attached to an aromatic ring is 1. The van der Waals surface area contributed by atoms with Crippen molar-refractivity contribution >= 4 is 62.9 Å². The number of nitrogens with zero attached hydrogens (tertiary/aromatic N) is 8. The minimum Gasteiger partial charge on any atom is -0.508 e. The van der Waals surface area contributed by atoms with Gasteiger partial charge in [0.05, 0.1) is 174 Å². The first-order valence-electron chi connectivity index (χ1n) is 45.1. The molecule has 127 heavy (non-hydrogen) atoms. The largest absolute Gasteiger partial charge is 0.508 e. The molecule has 1 aromatic carbocycles. The highest BCUT2D eigenvalue weighted by molar-refractivity contribution is 6.39. The SMILES string of the molecule is CO[C@H]1C[C@@H]2CC[C@@H](C)[C@@](O)(O2)C(=O)C(=O)N2CCCC[C@H]2C(=O)O[C@H]([C@H](C)C[C@@H]2CC[C@@H](OCCOCc3cn(CCOCCOCCOCCOCCOCCOCCOCCOCCC(=O)NCCCCn4nc(-c5cc6cc(O)ccc6[nH]5)c5c(N)ncnc54)nn3)[C@H](OC)C2)CC(=O)[C@H](C)/C=C(\C)[C@@H](O)[C@@H](OC)C(=O)[C@H](C)C[C@H](C)/C=C/C=CC=C1C. The van der Waals surface area contributed by atoms with Crippen LogP contribution in [0.2, 0.25) is 0 Å². The summed E-state index contributed by atoms with van der Waals surface area (Å²) in [5.41, 5.74) is 11.0. The molecule has 9 rings (SSSR count). The fraction of sp³-hybridized carbons (Fsp3) is 0.685. The van der Waals surface area contributed by atoms with Gasteiger partial charge in [0.1, 0.15) is 59.4 Å². The second kappa shape index (κ2) is 54.4. The minimum atomic E-state index is -2.47. The number of carbonyl (C=O) groups is 6. The van der Waals surface area contributed by atoms with Crippen LogP contribution in [-0.2, 0) is 120 Å². The van der Waals surface area contributed by atoms with E-state index in [0.29, 0.717) is 224 Å². The topological polar surface area (TPSA) is 433 Å². The fourth-order valence-corrected chi connectivity index (χ4v) is 16.5. The van der Waals surface area contributed by atoms with Crippen molar-refractivity contribution < 1.29 is 115 Å². The number of aryl methyl sites for hydroxylation is 1. The zero-order valence-corrected chi connectivity index (χ0v) is 76.0. The Labute approximate surface area is 745 Å². The van der Waals surface area contributed by atoms with Gasteiger partial charge in [0.25, 0.3) is 11.7 Å². The van der Waals surface area contributed by atoms with E-state index in [1.807, 2.05) is 70.3 Å². The van der Waals surface area contributed by atoms with Crippen LogP contribution in [0.25, 0.3) is 33.3 Å². The van der Waals surface area contributed by atoms with Crippen LogP contribution in [0, 0.1) is 35.5 Å². The van der Waals surface area contributed by atoms with Crippen LogP contribution < -0.4 is 11.1 Å². The zero-order chi connectivity index (χ0) is 91.0. The zero-order valence-electron chi connectivity index (χ0n) is 76.0. The number of rotatable bonds is 45. The lowest BCUT2D eigenvalue weighted by Crippen LogP contribution is -2.61. The molecule has 35 nitrogen and oxygen atoms in total. The monoisotopic (exact) mass is 1780 g/mol. The number of nitrogens with two attached hydrogens (primary N) is 1. The van der Waals surface area contributed by atoms with E-state index in [1.165, 1.54) is 18.3 Å². The Morgan fingerprint density at radius 3 is 2.08 bits per heavy atom. The number of anilines is 1. The van der Waals surface area contributed by atoms with Crippen molar-refractivity contribution in [2.24, 2.45) is 35.5 Å². The highest BCUT2D eigenvalue weighted by Crippen LogP contribution is 2.40. The third kappa shape index (κ3) is 32.4. The number of aromatic hydroxyl groups is 1. The number of Topliss-reactive ketones (excluding diaryl/α,β-unsaturated/α-hetero) is 3. The first-order chi connectivity index (χ1) is 61.4. The number of aromatic nitrogens is 8. The molecule has 2 amide bonds. The van der Waals surface area contributed by atoms with Crippen molar-refractivity contribution in [2.75, 3.05) is 159 Å². The molecule has 706 valence electrons. The number of piperidine rings is 1. The van der Waals surface area contributed by atoms with Crippen molar-refractivity contribution in [3.05, 3.63) is 90.1 Å². The number of aromatic amines is 1. The molecular weight excluding hydrogens is 1640 g/mol. The number of fused-ring (bicyclic) bond motifs is 5. The van der Waals surface area contributed by atoms with E-state index in [4.69, 9.17) is 81.9 Å². The summed E-state index contributed by atoms with van der Waals surface area (Å²) in [4.78, 5) is 97.8. The van der Waals surface area contributed by atoms with Crippen molar-refractivity contribution in [3.63, 3.8) is 0 Å². The summed E-state index contributed by atoms with van der Waals surface area (Å²) < 4.78 is 91.0. The van der Waals surface area contributed by atoms with E-state index in [2.05, 4.69) is 30.6 Å². The lowest BCUT2D eigenvalue weighted by molar-refractivity contribution is -0.265. The number of aliphatic hydroxyl groups excluding tert-OH is 1. The Balaban J connectivity index is 0.586. The number of cyclic esters (lactones) is 1. The Morgan fingerprint density at radius 2 is 1.40 bits per heavy atom. The molecule has 5 aromatic rings. The maximum atomic E-state index is 14.8. The Bertz CT molecular complexity index is 4320. The van der Waals surface area contributed by atoms with E-state index >= 15 is 0 Å². The van der Waals surface area contributed by atoms with Gasteiger partial charge in [0, 0.05) is 88.9 Å². The van der Waals surface area contributed by atoms with Crippen LogP contribution in [0.4, 0.5) is 5.82 Å². The van der Waals surface area contributed by atoms with Gasteiger partial charge in [-0.15, -0.1) is 5.10 Å². The molecule has 0 unspecified atom stereocenters. The predicted molar refractivity (Wildman–Crippen MR) is 471 cm³/mol. The van der Waals surface area contributed by atoms with Gasteiger partial charge in [-0.3, -0.25) is 24.0 Å². The van der Waals surface area contributed by atoms with Crippen LogP contribution in [0.5, 0.6) is 5.75 Å². The van der Waals surface area contributed by atoms with Gasteiger partial charge in [0.15, 0.2) is 11.4 Å². The fourth-order valence-electron chi connectivity index (χ4n) is 16.5. The van der Waals surface area contributed by atoms with E-state index < -0.39 is 77.8 Å². The van der Waals surface area contributed by atoms with Gasteiger partial charge in [-0.1, -0.05) is 76.3 Å². The third-order valence-electron chi connectivity index (χ3n) is 23.9. The van der Waals surface area contributed by atoms with Crippen molar-refractivity contribution in [2.45, 2.75) is 219 Å². The average Bonchev–Trinajstić information content (AvgIpc) is 1.76. The van der Waals surface area contributed by atoms with E-state index in [-0.39, 0.29) is 92.2 Å². The van der Waals surface area contributed by atoms with Gasteiger partial charge in [-0.25, -0.2) is 24.1 Å². The maximum absolute atomic E-state index is 14.8. The summed E-state index contributed by atoms with van der Waals surface area (Å²) in [5, 5.41) is 51.4. The van der Waals surface area contributed by atoms with Crippen molar-refractivity contribution in [3.8, 4) is 17.1 Å². The number of ketones is 3. The number of methoxy groups -OCH3 is 3. The number of phenolic OH excluding ortho intramolecular Hbond substituents is 1. The Hall–Kier alpha value is -8.21. The van der Waals surface area contributed by atoms with Gasteiger partial charge in [0.2, 0.25) is 11.7 Å². The van der Waals surface area contributed by atoms with Gasteiger partial charge in [-0.2, -0.15) is 5.10 Å². The minimum absolute atomic E-state index is 0.00920. The van der Waals surface area contributed by atoms with Gasteiger partial charge in [-0.05, 0) is 144 Å². The number of H-pyrrole nitrogens is 1. The Kier molecular flexibility index (Phi) is 43.9. The summed E-state index contributed by atoms with van der Waals surface area (Å²) in [6.07, 6.45) is 16.3. The molecule has 1 saturated carbocycles. The van der Waals surface area contributed by atoms with Crippen LogP contribution in [0.3, 0.4) is 0 Å². The molecule has 7 heterocycles. The van der Waals surface area contributed by atoms with Crippen LogP contribution in [0.15, 0.2) is 84.4 Å². The van der Waals surface area contributed by atoms with Crippen molar-refractivity contribution in [1.29, 1.82) is 0 Å². The number of carbonyl (C=O) groups excluding carboxylic acids is 6. The normalized spacial score (nSPS) is 25.9. The number of amides is 2. The Morgan fingerprint density at radius 1 is 0.724 bits per heavy atom. The number of benzene rings is 1. The quantitative estimate of drug-likeness (QED) is 0.00917. The first kappa shape index (κ1) is 103. The second-order valence-corrected chi connectivity index (χ2v) is 33.6. The molecule has 3 fully saturated rings. The van der Waals surface area contributed by atoms with Crippen LogP contribution in [-0.4, -0.2) is 303 Å². The van der Waals surface area contributed by atoms with E-state index in [0.717, 1.165) is 41.4 Å². The molecule has 2 saturated heterocycles. The predicted octanol–water partition coefficient (Wildman–Crippen LogP) is 8.71. The summed E-state index contributed by atoms with van der Waals surface area (Å²) in [6, 6.07) is 5.83. The van der Waals surface area contributed by atoms with E-state index in [9.17, 15) is 44.1 Å². The highest BCUT2D eigenvalue weighted by Gasteiger charge is 2.53. The number of unbranched alkanes of at least 4 members (excludes halogenated alkanes) is 1. The smallest absolute Gasteiger partial charge is 0.329 e. The second-order valence-electron chi connectivity index (χ2n) is 33.6. The lowest BCUT2D eigenvalue weighted by atomic mass is 9.78. The molecule has 0 spiro atoms. The summed E-state index contributed by atoms with van der Waals surface area (Å²) in [7, 11) is 4.61. The average molecular weight is 1780 g/mol. The van der Waals surface area contributed by atoms with Crippen LogP contribution in [0.1, 0.15) is 150 Å². The molecule has 3 aliphatic heterocycles. The van der Waals surface area contributed by atoms with Crippen molar-refractivity contribution in [1.82, 2.24) is 49.9 Å². The lowest BCUT2D eigenvalue weighted by Gasteiger charge is -2.42. The van der Waals surface area contributed by atoms with E-state index in [1.54, 1.807) is 68.6 Å². The van der Waals surface area contributed by atoms with Gasteiger partial charge < -0.3 is 107 Å². The standard InChI is InChI=1S/C92H139N11O24/c1-61-18-12-11-13-19-62(2)78(113-8)56-72-24-21-67(7)92(112,127-72)87(109)90(110)102-29-16-14-20-75(102)91(111)126-79(57-76(105)63(3)51-66(6)85(108)86(115-10)84(107)65(5)50-61)64(4)52-68-22-26-77(80(53-68)114-9)125-49-48-124-59-70-58-101(100-98-70)31-33-117-35-37-119-39-41-121-43-45-123-47-46-122-44-42-120-40-38-118-36-34-116-32-27-81(106)94-28-15-17-30-103-89-82(88(93)95-60-96-89)83(99-103)74-55-69-54-71(104)23-25-73(69)97-74/h11-13,18-19,23,25,51,54-55,58,60-61,63-65,67-68,72,75,77-80,85-86,97,104,108,112H,14-17,20-22,24,26-50,52-53,56-57,59H2,1-10H3,(H,94,106)(H2,93,95,96)/b13-11?,18-12+,62-19?,66-51+/t61-,63-,64-,65-,67-,68+,72+,75+,77-,78+,79+,80-,85-,86+,92-/m1/s1. The number of hydrogen-bond acceptors (Lipinski definition) is 30. The molecule has 4 aliphatic rings. The first-order valence-corrected chi connectivity index (χ1v) is 45.1. The summed E-state index contributed by atoms with van der Waals surface area (Å²) in [6.45, 7) is 21.6.